The van der Waals surface area contributed by atoms with Crippen molar-refractivity contribution in [3.8, 4) is 0 Å². The highest BCUT2D eigenvalue weighted by Crippen LogP contribution is 2.23. The highest BCUT2D eigenvalue weighted by molar-refractivity contribution is 7.89. The first kappa shape index (κ1) is 13.0. The summed E-state index contributed by atoms with van der Waals surface area (Å²) in [5.74, 6) is -0.361. The first-order chi connectivity index (χ1) is 8.51. The lowest BCUT2D eigenvalue weighted by molar-refractivity contribution is -0.114. The van der Waals surface area contributed by atoms with Gasteiger partial charge in [0.05, 0.1) is 11.4 Å². The molecule has 1 fully saturated rings. The van der Waals surface area contributed by atoms with Crippen LogP contribution in [0.25, 0.3) is 0 Å². The topological polar surface area (TPSA) is 101 Å². The summed E-state index contributed by atoms with van der Waals surface area (Å²) in [6.45, 7) is -0.142. The number of rotatable bonds is 5. The van der Waals surface area contributed by atoms with Crippen molar-refractivity contribution in [2.75, 3.05) is 11.9 Å². The van der Waals surface area contributed by atoms with E-state index in [-0.39, 0.29) is 23.4 Å². The lowest BCUT2D eigenvalue weighted by atomic mass is 10.3. The molecule has 1 saturated carbocycles. The molecular weight excluding hydrogens is 254 g/mol. The Bertz CT molecular complexity index is 552. The van der Waals surface area contributed by atoms with E-state index in [0.717, 1.165) is 12.8 Å². The molecule has 18 heavy (non-hydrogen) atoms. The number of nitrogens with one attached hydrogen (secondary N) is 2. The smallest absolute Gasteiger partial charge is 0.240 e. The van der Waals surface area contributed by atoms with Crippen LogP contribution >= 0.6 is 0 Å². The van der Waals surface area contributed by atoms with Gasteiger partial charge in [-0.2, -0.15) is 0 Å². The second-order valence-electron chi connectivity index (χ2n) is 4.18. The fraction of sp³-hybridized carbons (Fsp3) is 0.364. The van der Waals surface area contributed by atoms with E-state index in [1.807, 2.05) is 0 Å². The van der Waals surface area contributed by atoms with E-state index in [9.17, 15) is 13.2 Å². The van der Waals surface area contributed by atoms with Crippen LogP contribution < -0.4 is 15.8 Å². The molecule has 0 heterocycles. The number of sulfonamides is 1. The highest BCUT2D eigenvalue weighted by Gasteiger charge is 2.27. The predicted molar refractivity (Wildman–Crippen MR) is 67.5 cm³/mol. The van der Waals surface area contributed by atoms with Crippen LogP contribution in [-0.2, 0) is 14.8 Å². The summed E-state index contributed by atoms with van der Waals surface area (Å²) in [5.41, 5.74) is 5.60. The van der Waals surface area contributed by atoms with Crippen LogP contribution in [0.2, 0.25) is 0 Å². The Kier molecular flexibility index (Phi) is 3.65. The Morgan fingerprint density at radius 2 is 2.11 bits per heavy atom. The Balaban J connectivity index is 2.17. The molecule has 0 unspecified atom stereocenters. The normalized spacial score (nSPS) is 15.4. The van der Waals surface area contributed by atoms with Crippen LogP contribution in [0, 0.1) is 0 Å². The second-order valence-corrected chi connectivity index (χ2v) is 5.89. The zero-order valence-corrected chi connectivity index (χ0v) is 10.5. The standard InChI is InChI=1S/C11H15N3O3S/c12-7-11(15)13-9-2-1-3-10(6-9)18(16,17)14-8-4-5-8/h1-3,6,8,14H,4-5,7,12H2,(H,13,15). The van der Waals surface area contributed by atoms with E-state index in [4.69, 9.17) is 5.73 Å². The molecule has 4 N–H and O–H groups in total. The summed E-state index contributed by atoms with van der Waals surface area (Å²) in [5, 5.41) is 2.52. The van der Waals surface area contributed by atoms with Crippen LogP contribution in [-0.4, -0.2) is 26.9 Å². The Labute approximate surface area is 106 Å². The molecule has 1 aromatic rings. The van der Waals surface area contributed by atoms with Gasteiger partial charge in [-0.25, -0.2) is 13.1 Å². The van der Waals surface area contributed by atoms with Gasteiger partial charge in [0.15, 0.2) is 0 Å². The quantitative estimate of drug-likeness (QED) is 0.701. The van der Waals surface area contributed by atoms with Gasteiger partial charge in [-0.05, 0) is 31.0 Å². The molecule has 2 rings (SSSR count). The van der Waals surface area contributed by atoms with Crippen LogP contribution in [0.3, 0.4) is 0 Å². The number of nitrogens with two attached hydrogens (primary N) is 1. The molecule has 0 aliphatic heterocycles. The van der Waals surface area contributed by atoms with Gasteiger partial charge in [-0.3, -0.25) is 4.79 Å². The first-order valence-corrected chi connectivity index (χ1v) is 7.12. The fourth-order valence-corrected chi connectivity index (χ4v) is 2.79. The number of carbonyl (C=O) groups is 1. The molecule has 0 radical (unpaired) electrons. The third-order valence-electron chi connectivity index (χ3n) is 2.51. The molecule has 6 nitrogen and oxygen atoms in total. The van der Waals surface area contributed by atoms with Crippen molar-refractivity contribution < 1.29 is 13.2 Å². The average molecular weight is 269 g/mol. The minimum atomic E-state index is -3.49. The van der Waals surface area contributed by atoms with Crippen LogP contribution in [0.4, 0.5) is 5.69 Å². The predicted octanol–water partition coefficient (Wildman–Crippen LogP) is 0.0245. The minimum absolute atomic E-state index is 0.0530. The van der Waals surface area contributed by atoms with Crippen LogP contribution in [0.5, 0.6) is 0 Å². The summed E-state index contributed by atoms with van der Waals surface area (Å²) < 4.78 is 26.5. The highest BCUT2D eigenvalue weighted by atomic mass is 32.2. The molecule has 0 aromatic heterocycles. The molecule has 0 spiro atoms. The van der Waals surface area contributed by atoms with E-state index in [1.54, 1.807) is 12.1 Å². The first-order valence-electron chi connectivity index (χ1n) is 5.63. The van der Waals surface area contributed by atoms with Crippen molar-refractivity contribution in [1.29, 1.82) is 0 Å². The molecular formula is C11H15N3O3S. The SMILES string of the molecule is NCC(=O)Nc1cccc(S(=O)(=O)NC2CC2)c1. The number of anilines is 1. The van der Waals surface area contributed by atoms with Crippen molar-refractivity contribution in [3.05, 3.63) is 24.3 Å². The Morgan fingerprint density at radius 3 is 2.72 bits per heavy atom. The van der Waals surface area contributed by atoms with Gasteiger partial charge in [0, 0.05) is 11.7 Å². The summed E-state index contributed by atoms with van der Waals surface area (Å²) in [4.78, 5) is 11.3. The average Bonchev–Trinajstić information content (AvgIpc) is 3.12. The maximum atomic E-state index is 11.9. The minimum Gasteiger partial charge on any atom is -0.325 e. The molecule has 0 saturated heterocycles. The monoisotopic (exact) mass is 269 g/mol. The second kappa shape index (κ2) is 5.05. The number of hydrogen-bond donors (Lipinski definition) is 3. The van der Waals surface area contributed by atoms with E-state index in [0.29, 0.717) is 5.69 Å². The maximum absolute atomic E-state index is 11.9. The van der Waals surface area contributed by atoms with E-state index in [2.05, 4.69) is 10.0 Å². The maximum Gasteiger partial charge on any atom is 0.240 e. The summed E-state index contributed by atoms with van der Waals surface area (Å²) in [6, 6.07) is 6.15. The number of carbonyl (C=O) groups excluding carboxylic acids is 1. The number of amides is 1. The van der Waals surface area contributed by atoms with Gasteiger partial charge >= 0.3 is 0 Å². The van der Waals surface area contributed by atoms with Gasteiger partial charge in [0.1, 0.15) is 0 Å². The zero-order chi connectivity index (χ0) is 13.2. The third-order valence-corrected chi connectivity index (χ3v) is 4.03. The molecule has 7 heteroatoms. The van der Waals surface area contributed by atoms with Crippen molar-refractivity contribution in [2.24, 2.45) is 5.73 Å². The fourth-order valence-electron chi connectivity index (χ4n) is 1.44. The number of hydrogen-bond acceptors (Lipinski definition) is 4. The van der Waals surface area contributed by atoms with E-state index in [1.165, 1.54) is 12.1 Å². The lowest BCUT2D eigenvalue weighted by Gasteiger charge is -2.08. The lowest BCUT2D eigenvalue weighted by Crippen LogP contribution is -2.26. The van der Waals surface area contributed by atoms with Crippen molar-refractivity contribution >= 4 is 21.6 Å². The molecule has 1 aromatic carbocycles. The summed E-state index contributed by atoms with van der Waals surface area (Å²) in [6.07, 6.45) is 1.76. The summed E-state index contributed by atoms with van der Waals surface area (Å²) in [7, 11) is -3.49. The molecule has 1 amide bonds. The van der Waals surface area contributed by atoms with Gasteiger partial charge in [-0.15, -0.1) is 0 Å². The van der Waals surface area contributed by atoms with Crippen molar-refractivity contribution in [3.63, 3.8) is 0 Å². The van der Waals surface area contributed by atoms with E-state index >= 15 is 0 Å². The third kappa shape index (κ3) is 3.28. The number of benzene rings is 1. The molecule has 98 valence electrons. The molecule has 0 atom stereocenters. The van der Waals surface area contributed by atoms with Gasteiger partial charge < -0.3 is 11.1 Å². The van der Waals surface area contributed by atoms with Crippen molar-refractivity contribution in [1.82, 2.24) is 4.72 Å². The molecule has 0 bridgehead atoms. The van der Waals surface area contributed by atoms with Crippen molar-refractivity contribution in [2.45, 2.75) is 23.8 Å². The Hall–Kier alpha value is -1.44. The van der Waals surface area contributed by atoms with Crippen LogP contribution in [0.15, 0.2) is 29.2 Å². The molecule has 1 aliphatic rings. The largest absolute Gasteiger partial charge is 0.325 e. The van der Waals surface area contributed by atoms with E-state index < -0.39 is 10.0 Å². The van der Waals surface area contributed by atoms with Gasteiger partial charge in [0.2, 0.25) is 15.9 Å². The zero-order valence-electron chi connectivity index (χ0n) is 9.72. The summed E-state index contributed by atoms with van der Waals surface area (Å²) >= 11 is 0. The van der Waals surface area contributed by atoms with Crippen LogP contribution in [0.1, 0.15) is 12.8 Å². The van der Waals surface area contributed by atoms with Gasteiger partial charge in [0.25, 0.3) is 0 Å². The Morgan fingerprint density at radius 1 is 1.39 bits per heavy atom. The van der Waals surface area contributed by atoms with Gasteiger partial charge in [-0.1, -0.05) is 6.07 Å². The molecule has 1 aliphatic carbocycles.